The average Bonchev–Trinajstić information content (AvgIpc) is 3.12. The van der Waals surface area contributed by atoms with Gasteiger partial charge in [-0.15, -0.1) is 36.2 Å². The molecule has 1 heterocycles. The fraction of sp³-hybridized carbons (Fsp3) is 0.200. The molecule has 1 aromatic heterocycles. The van der Waals surface area contributed by atoms with Gasteiger partial charge in [0.25, 0.3) is 0 Å². The molecule has 0 saturated carbocycles. The molecule has 0 fully saturated rings. The van der Waals surface area contributed by atoms with Crippen molar-refractivity contribution in [3.05, 3.63) is 47.5 Å². The third-order valence-corrected chi connectivity index (χ3v) is 5.61. The minimum Gasteiger partial charge on any atom is -0.369 e. The predicted octanol–water partition coefficient (Wildman–Crippen LogP) is 3.41. The smallest absolute Gasteiger partial charge is 0.209 e. The summed E-state index contributed by atoms with van der Waals surface area (Å²) in [5.41, 5.74) is 20.4. The highest BCUT2D eigenvalue weighted by atomic mass is 35.5. The van der Waals surface area contributed by atoms with Crippen molar-refractivity contribution >= 4 is 79.7 Å². The molecule has 166 valence electrons. The molecular formula is C20H26Cl2N8S. The molecule has 0 saturated heterocycles. The van der Waals surface area contributed by atoms with Crippen molar-refractivity contribution in [2.24, 2.45) is 31.7 Å². The summed E-state index contributed by atoms with van der Waals surface area (Å²) in [5.74, 6) is 0.543. The minimum absolute atomic E-state index is 0. The van der Waals surface area contributed by atoms with Gasteiger partial charge in [0.1, 0.15) is 0 Å². The van der Waals surface area contributed by atoms with E-state index in [9.17, 15) is 0 Å². The number of halogens is 2. The first-order valence-electron chi connectivity index (χ1n) is 8.95. The lowest BCUT2D eigenvalue weighted by molar-refractivity contribution is 0.997. The number of hydrogen-bond donors (Lipinski definition) is 4. The summed E-state index contributed by atoms with van der Waals surface area (Å²) in [6, 6.07) is 12.6. The number of guanidine groups is 2. The zero-order chi connectivity index (χ0) is 21.0. The highest BCUT2D eigenvalue weighted by Crippen LogP contribution is 2.35. The first-order chi connectivity index (χ1) is 13.9. The van der Waals surface area contributed by atoms with Crippen molar-refractivity contribution in [2.45, 2.75) is 13.8 Å². The molecular weight excluding hydrogens is 455 g/mol. The molecule has 0 amide bonds. The van der Waals surface area contributed by atoms with Gasteiger partial charge in [-0.05, 0) is 49.2 Å². The Kier molecular flexibility index (Phi) is 9.70. The van der Waals surface area contributed by atoms with Crippen LogP contribution in [0, 0.1) is 0 Å². The number of nitrogens with one attached hydrogen (secondary N) is 2. The van der Waals surface area contributed by atoms with E-state index in [0.717, 1.165) is 22.6 Å². The van der Waals surface area contributed by atoms with E-state index in [1.165, 1.54) is 20.2 Å². The lowest BCUT2D eigenvalue weighted by Gasteiger charge is -2.04. The van der Waals surface area contributed by atoms with E-state index >= 15 is 0 Å². The summed E-state index contributed by atoms with van der Waals surface area (Å²) in [6.45, 7) is 3.86. The molecule has 31 heavy (non-hydrogen) atoms. The second kappa shape index (κ2) is 11.5. The highest BCUT2D eigenvalue weighted by Gasteiger charge is 2.09. The van der Waals surface area contributed by atoms with Gasteiger partial charge in [0.05, 0.1) is 11.4 Å². The SMILES string of the molecule is CN=C(N)N/N=C(\C)c1ccc2sc3ccc(/C(C)=N/NC(N)=NC)cc3c2c1.Cl.Cl. The number of nitrogens with zero attached hydrogens (tertiary/aromatic N) is 4. The molecule has 2 aromatic carbocycles. The molecule has 0 atom stereocenters. The summed E-state index contributed by atoms with van der Waals surface area (Å²) in [4.78, 5) is 7.68. The fourth-order valence-electron chi connectivity index (χ4n) is 2.74. The summed E-state index contributed by atoms with van der Waals surface area (Å²) in [7, 11) is 3.22. The maximum Gasteiger partial charge on any atom is 0.209 e. The number of rotatable bonds is 4. The lowest BCUT2D eigenvalue weighted by Crippen LogP contribution is -2.27. The Labute approximate surface area is 197 Å². The van der Waals surface area contributed by atoms with Gasteiger partial charge in [-0.1, -0.05) is 12.1 Å². The maximum atomic E-state index is 5.65. The van der Waals surface area contributed by atoms with Gasteiger partial charge in [0.2, 0.25) is 11.9 Å². The van der Waals surface area contributed by atoms with Gasteiger partial charge in [-0.3, -0.25) is 9.98 Å². The van der Waals surface area contributed by atoms with Gasteiger partial charge in [-0.25, -0.2) is 10.9 Å². The summed E-state index contributed by atoms with van der Waals surface area (Å²) in [6.07, 6.45) is 0. The molecule has 0 radical (unpaired) electrons. The van der Waals surface area contributed by atoms with Crippen LogP contribution in [-0.4, -0.2) is 37.4 Å². The number of nitrogens with two attached hydrogens (primary N) is 2. The predicted molar refractivity (Wildman–Crippen MR) is 140 cm³/mol. The quantitative estimate of drug-likeness (QED) is 0.259. The second-order valence-electron chi connectivity index (χ2n) is 6.36. The summed E-state index contributed by atoms with van der Waals surface area (Å²) in [5, 5.41) is 10.9. The lowest BCUT2D eigenvalue weighted by atomic mass is 10.0. The summed E-state index contributed by atoms with van der Waals surface area (Å²) >= 11 is 1.76. The van der Waals surface area contributed by atoms with Gasteiger partial charge >= 0.3 is 0 Å². The minimum atomic E-state index is 0. The van der Waals surface area contributed by atoms with Crippen LogP contribution in [0.4, 0.5) is 0 Å². The monoisotopic (exact) mass is 480 g/mol. The van der Waals surface area contributed by atoms with E-state index in [4.69, 9.17) is 11.5 Å². The number of fused-ring (bicyclic) bond motifs is 3. The highest BCUT2D eigenvalue weighted by molar-refractivity contribution is 7.25. The Hall–Kier alpha value is -2.88. The van der Waals surface area contributed by atoms with E-state index in [1.807, 2.05) is 13.8 Å². The van der Waals surface area contributed by atoms with Crippen LogP contribution in [0.25, 0.3) is 20.2 Å². The van der Waals surface area contributed by atoms with Crippen molar-refractivity contribution in [3.8, 4) is 0 Å². The zero-order valence-corrected chi connectivity index (χ0v) is 20.1. The molecule has 3 aromatic rings. The van der Waals surface area contributed by atoms with E-state index in [1.54, 1.807) is 25.4 Å². The molecule has 3 rings (SSSR count). The number of thiophene rings is 1. The Morgan fingerprint density at radius 1 is 0.742 bits per heavy atom. The van der Waals surface area contributed by atoms with Crippen LogP contribution in [-0.2, 0) is 0 Å². The molecule has 0 aliphatic carbocycles. The average molecular weight is 481 g/mol. The van der Waals surface area contributed by atoms with Crippen molar-refractivity contribution in [1.29, 1.82) is 0 Å². The number of hydrogen-bond acceptors (Lipinski definition) is 5. The molecule has 6 N–H and O–H groups in total. The van der Waals surface area contributed by atoms with E-state index in [-0.39, 0.29) is 36.7 Å². The molecule has 0 spiro atoms. The Morgan fingerprint density at radius 2 is 1.13 bits per heavy atom. The van der Waals surface area contributed by atoms with Crippen LogP contribution in [0.2, 0.25) is 0 Å². The van der Waals surface area contributed by atoms with Crippen LogP contribution in [0.5, 0.6) is 0 Å². The van der Waals surface area contributed by atoms with Crippen LogP contribution in [0.3, 0.4) is 0 Å². The summed E-state index contributed by atoms with van der Waals surface area (Å²) < 4.78 is 2.43. The zero-order valence-electron chi connectivity index (χ0n) is 17.6. The van der Waals surface area contributed by atoms with Crippen LogP contribution in [0.15, 0.2) is 56.6 Å². The number of hydrazone groups is 2. The van der Waals surface area contributed by atoms with Gasteiger partial charge in [0.15, 0.2) is 0 Å². The Bertz CT molecular complexity index is 1090. The molecule has 0 unspecified atom stereocenters. The largest absolute Gasteiger partial charge is 0.369 e. The Balaban J connectivity index is 0.00000240. The molecule has 0 aliphatic heterocycles. The standard InChI is InChI=1S/C20H24N8S.2ClH/c1-11(25-27-19(21)23-3)13-5-7-17-15(9-13)16-10-14(6-8-18(16)29-17)12(2)26-28-20(22)24-4;;/h5-10H,1-4H3,(H3,21,23,27)(H3,22,24,28);2*1H/b25-11+,26-12+;;. The van der Waals surface area contributed by atoms with E-state index in [0.29, 0.717) is 0 Å². The molecule has 8 nitrogen and oxygen atoms in total. The van der Waals surface area contributed by atoms with Crippen molar-refractivity contribution in [1.82, 2.24) is 10.9 Å². The third kappa shape index (κ3) is 6.06. The second-order valence-corrected chi connectivity index (χ2v) is 7.44. The number of aliphatic imine (C=N–C) groups is 2. The van der Waals surface area contributed by atoms with Crippen molar-refractivity contribution < 1.29 is 0 Å². The molecule has 0 aliphatic rings. The van der Waals surface area contributed by atoms with Gasteiger partial charge in [-0.2, -0.15) is 10.2 Å². The van der Waals surface area contributed by atoms with Crippen molar-refractivity contribution in [2.75, 3.05) is 14.1 Å². The topological polar surface area (TPSA) is 126 Å². The third-order valence-electron chi connectivity index (χ3n) is 4.46. The maximum absolute atomic E-state index is 5.65. The first kappa shape index (κ1) is 26.2. The normalized spacial score (nSPS) is 13.0. The molecule has 0 bridgehead atoms. The van der Waals surface area contributed by atoms with Crippen molar-refractivity contribution in [3.63, 3.8) is 0 Å². The Morgan fingerprint density at radius 3 is 1.48 bits per heavy atom. The molecule has 11 heteroatoms. The van der Waals surface area contributed by atoms with E-state index in [2.05, 4.69) is 67.4 Å². The number of benzene rings is 2. The fourth-order valence-corrected chi connectivity index (χ4v) is 3.81. The first-order valence-corrected chi connectivity index (χ1v) is 9.76. The van der Waals surface area contributed by atoms with E-state index < -0.39 is 0 Å². The van der Waals surface area contributed by atoms with Crippen LogP contribution < -0.4 is 22.3 Å². The van der Waals surface area contributed by atoms with Crippen LogP contribution in [0.1, 0.15) is 25.0 Å². The van der Waals surface area contributed by atoms with Gasteiger partial charge in [0, 0.05) is 34.3 Å². The van der Waals surface area contributed by atoms with Crippen LogP contribution >= 0.6 is 36.2 Å². The van der Waals surface area contributed by atoms with Gasteiger partial charge < -0.3 is 11.5 Å².